The summed E-state index contributed by atoms with van der Waals surface area (Å²) in [4.78, 5) is 4.76. The van der Waals surface area contributed by atoms with Crippen molar-refractivity contribution in [3.05, 3.63) is 0 Å². The smallest absolute Gasteiger partial charge is 0.152 e. The maximum Gasteiger partial charge on any atom is 0.152 e. The second-order valence-electron chi connectivity index (χ2n) is 4.94. The Morgan fingerprint density at radius 3 is 2.00 bits per heavy atom. The molecule has 2 aliphatic rings. The number of piperazine rings is 1. The fourth-order valence-electron chi connectivity index (χ4n) is 2.43. The Labute approximate surface area is 104 Å². The van der Waals surface area contributed by atoms with Gasteiger partial charge in [-0.2, -0.15) is 0 Å². The Kier molecular flexibility index (Phi) is 4.78. The molecule has 0 aromatic rings. The van der Waals surface area contributed by atoms with Crippen molar-refractivity contribution in [3.8, 4) is 0 Å². The first kappa shape index (κ1) is 13.3. The summed E-state index contributed by atoms with van der Waals surface area (Å²) in [5.41, 5.74) is 0. The van der Waals surface area contributed by atoms with Gasteiger partial charge in [0.15, 0.2) is 9.84 Å². The van der Waals surface area contributed by atoms with Crippen LogP contribution in [0.5, 0.6) is 0 Å². The molecule has 0 aliphatic carbocycles. The van der Waals surface area contributed by atoms with E-state index in [1.54, 1.807) is 0 Å². The minimum atomic E-state index is -2.72. The van der Waals surface area contributed by atoms with Gasteiger partial charge in [0, 0.05) is 39.3 Å². The lowest BCUT2D eigenvalue weighted by Crippen LogP contribution is -2.45. The number of sulfone groups is 1. The van der Waals surface area contributed by atoms with Gasteiger partial charge in [-0.05, 0) is 19.5 Å². The maximum atomic E-state index is 11.3. The highest BCUT2D eigenvalue weighted by Crippen LogP contribution is 2.05. The molecule has 0 bridgehead atoms. The van der Waals surface area contributed by atoms with E-state index in [1.807, 2.05) is 0 Å². The van der Waals surface area contributed by atoms with Crippen molar-refractivity contribution in [2.45, 2.75) is 6.42 Å². The average Bonchev–Trinajstić information content (AvgIpc) is 2.33. The van der Waals surface area contributed by atoms with Crippen LogP contribution in [0.4, 0.5) is 0 Å². The minimum absolute atomic E-state index is 0.348. The number of nitrogens with zero attached hydrogens (tertiary/aromatic N) is 2. The zero-order valence-electron chi connectivity index (χ0n) is 10.4. The largest absolute Gasteiger partial charge is 0.314 e. The van der Waals surface area contributed by atoms with Crippen LogP contribution in [0.1, 0.15) is 6.42 Å². The number of hydrogen-bond acceptors (Lipinski definition) is 5. The van der Waals surface area contributed by atoms with Gasteiger partial charge in [-0.3, -0.25) is 0 Å². The molecule has 0 radical (unpaired) electrons. The Morgan fingerprint density at radius 2 is 1.41 bits per heavy atom. The summed E-state index contributed by atoms with van der Waals surface area (Å²) in [6, 6.07) is 0. The van der Waals surface area contributed by atoms with Crippen LogP contribution in [0.3, 0.4) is 0 Å². The van der Waals surface area contributed by atoms with Gasteiger partial charge in [0.25, 0.3) is 0 Å². The quantitative estimate of drug-likeness (QED) is 0.704. The molecule has 5 nitrogen and oxygen atoms in total. The summed E-state index contributed by atoms with van der Waals surface area (Å²) >= 11 is 0. The molecule has 0 aromatic carbocycles. The summed E-state index contributed by atoms with van der Waals surface area (Å²) < 4.78 is 22.6. The first-order valence-corrected chi connectivity index (χ1v) is 8.34. The highest BCUT2D eigenvalue weighted by Gasteiger charge is 2.21. The van der Waals surface area contributed by atoms with Gasteiger partial charge in [-0.25, -0.2) is 8.42 Å². The van der Waals surface area contributed by atoms with E-state index in [2.05, 4.69) is 15.1 Å². The van der Waals surface area contributed by atoms with E-state index in [9.17, 15) is 8.42 Å². The molecule has 100 valence electrons. The number of rotatable bonds is 4. The SMILES string of the molecule is O=S1(=O)CCN(CCCN2CCNCC2)CC1. The highest BCUT2D eigenvalue weighted by molar-refractivity contribution is 7.91. The summed E-state index contributed by atoms with van der Waals surface area (Å²) in [6.07, 6.45) is 1.15. The van der Waals surface area contributed by atoms with Gasteiger partial charge in [-0.15, -0.1) is 0 Å². The standard InChI is InChI=1S/C11H23N3O2S/c15-17(16)10-8-14(9-11-17)5-1-4-13-6-2-12-3-7-13/h12H,1-11H2. The molecular weight excluding hydrogens is 238 g/mol. The van der Waals surface area contributed by atoms with Gasteiger partial charge in [0.05, 0.1) is 11.5 Å². The first-order chi connectivity index (χ1) is 8.16. The maximum absolute atomic E-state index is 11.3. The lowest BCUT2D eigenvalue weighted by molar-refractivity contribution is 0.215. The van der Waals surface area contributed by atoms with Crippen molar-refractivity contribution < 1.29 is 8.42 Å². The highest BCUT2D eigenvalue weighted by atomic mass is 32.2. The summed E-state index contributed by atoms with van der Waals surface area (Å²) in [5, 5.41) is 3.34. The third-order valence-electron chi connectivity index (χ3n) is 3.60. The number of nitrogens with one attached hydrogen (secondary N) is 1. The van der Waals surface area contributed by atoms with Crippen LogP contribution in [0, 0.1) is 0 Å². The molecule has 1 N–H and O–H groups in total. The molecule has 2 heterocycles. The fourth-order valence-corrected chi connectivity index (χ4v) is 3.70. The molecule has 0 aromatic heterocycles. The van der Waals surface area contributed by atoms with Gasteiger partial charge >= 0.3 is 0 Å². The average molecular weight is 261 g/mol. The second-order valence-corrected chi connectivity index (χ2v) is 7.24. The van der Waals surface area contributed by atoms with Crippen molar-refractivity contribution in [2.75, 3.05) is 63.9 Å². The first-order valence-electron chi connectivity index (χ1n) is 6.52. The van der Waals surface area contributed by atoms with E-state index in [0.29, 0.717) is 11.5 Å². The van der Waals surface area contributed by atoms with Gasteiger partial charge in [-0.1, -0.05) is 0 Å². The normalized spacial score (nSPS) is 27.1. The second kappa shape index (κ2) is 6.13. The van der Waals surface area contributed by atoms with Crippen molar-refractivity contribution in [1.82, 2.24) is 15.1 Å². The molecule has 2 fully saturated rings. The van der Waals surface area contributed by atoms with Crippen LogP contribution in [0.15, 0.2) is 0 Å². The van der Waals surface area contributed by atoms with Gasteiger partial charge < -0.3 is 15.1 Å². The molecule has 0 amide bonds. The van der Waals surface area contributed by atoms with Gasteiger partial charge in [0.2, 0.25) is 0 Å². The molecule has 2 aliphatic heterocycles. The van der Waals surface area contributed by atoms with E-state index >= 15 is 0 Å². The van der Waals surface area contributed by atoms with E-state index in [4.69, 9.17) is 0 Å². The predicted octanol–water partition coefficient (Wildman–Crippen LogP) is -0.988. The van der Waals surface area contributed by atoms with Crippen molar-refractivity contribution >= 4 is 9.84 Å². The molecule has 2 rings (SSSR count). The summed E-state index contributed by atoms with van der Waals surface area (Å²) in [6.45, 7) is 8.13. The molecule has 0 saturated carbocycles. The van der Waals surface area contributed by atoms with Gasteiger partial charge in [0.1, 0.15) is 0 Å². The third-order valence-corrected chi connectivity index (χ3v) is 5.20. The van der Waals surface area contributed by atoms with Crippen LogP contribution in [-0.2, 0) is 9.84 Å². The lowest BCUT2D eigenvalue weighted by atomic mass is 10.3. The van der Waals surface area contributed by atoms with E-state index in [1.165, 1.54) is 0 Å². The summed E-state index contributed by atoms with van der Waals surface area (Å²) in [7, 11) is -2.72. The predicted molar refractivity (Wildman–Crippen MR) is 69.0 cm³/mol. The zero-order chi connectivity index (χ0) is 12.1. The fraction of sp³-hybridized carbons (Fsp3) is 1.00. The van der Waals surface area contributed by atoms with E-state index in [0.717, 1.165) is 58.8 Å². The third kappa shape index (κ3) is 4.54. The molecule has 6 heteroatoms. The van der Waals surface area contributed by atoms with E-state index < -0.39 is 9.84 Å². The van der Waals surface area contributed by atoms with Crippen LogP contribution in [-0.4, -0.2) is 82.1 Å². The van der Waals surface area contributed by atoms with Crippen LogP contribution in [0.25, 0.3) is 0 Å². The van der Waals surface area contributed by atoms with Crippen molar-refractivity contribution in [2.24, 2.45) is 0 Å². The van der Waals surface area contributed by atoms with E-state index in [-0.39, 0.29) is 0 Å². The monoisotopic (exact) mass is 261 g/mol. The molecule has 0 spiro atoms. The molecule has 0 unspecified atom stereocenters. The number of hydrogen-bond donors (Lipinski definition) is 1. The van der Waals surface area contributed by atoms with Crippen LogP contribution >= 0.6 is 0 Å². The molecule has 2 saturated heterocycles. The Hall–Kier alpha value is -0.170. The molecule has 17 heavy (non-hydrogen) atoms. The van der Waals surface area contributed by atoms with Crippen LogP contribution in [0.2, 0.25) is 0 Å². The molecular formula is C11H23N3O2S. The summed E-state index contributed by atoms with van der Waals surface area (Å²) in [5.74, 6) is 0.696. The zero-order valence-corrected chi connectivity index (χ0v) is 11.2. The van der Waals surface area contributed by atoms with Crippen LogP contribution < -0.4 is 5.32 Å². The topological polar surface area (TPSA) is 52.7 Å². The molecule has 0 atom stereocenters. The van der Waals surface area contributed by atoms with Crippen molar-refractivity contribution in [1.29, 1.82) is 0 Å². The Bertz CT molecular complexity index is 312. The minimum Gasteiger partial charge on any atom is -0.314 e. The van der Waals surface area contributed by atoms with Crippen molar-refractivity contribution in [3.63, 3.8) is 0 Å². The lowest BCUT2D eigenvalue weighted by Gasteiger charge is -2.30. The Balaban J connectivity index is 1.59. The Morgan fingerprint density at radius 1 is 0.882 bits per heavy atom.